The summed E-state index contributed by atoms with van der Waals surface area (Å²) in [5, 5.41) is 5.73. The van der Waals surface area contributed by atoms with Crippen LogP contribution in [0.1, 0.15) is 18.4 Å². The number of benzene rings is 2. The summed E-state index contributed by atoms with van der Waals surface area (Å²) >= 11 is 0. The number of nitrogens with zero attached hydrogens (tertiary/aromatic N) is 3. The van der Waals surface area contributed by atoms with Crippen molar-refractivity contribution in [2.45, 2.75) is 24.7 Å². The largest absolute Gasteiger partial charge is 0.493 e. The fraction of sp³-hybridized carbons (Fsp3) is 0.280. The van der Waals surface area contributed by atoms with Gasteiger partial charge in [0, 0.05) is 42.2 Å². The van der Waals surface area contributed by atoms with Crippen molar-refractivity contribution < 1.29 is 13.8 Å². The molecule has 172 valence electrons. The molecule has 2 N–H and O–H groups in total. The van der Waals surface area contributed by atoms with Crippen molar-refractivity contribution in [1.82, 2.24) is 14.3 Å². The van der Waals surface area contributed by atoms with E-state index < -0.39 is 10.6 Å². The van der Waals surface area contributed by atoms with Crippen LogP contribution in [0, 0.1) is 12.8 Å². The first-order valence-corrected chi connectivity index (χ1v) is 12.8. The smallest absolute Gasteiger partial charge is 0.258 e. The SMILES string of the molecule is Cc1cnn(-c2ccc3c(=O)n(C)cc(-c4cc(S(C)(O)O)ccc4OCC4CC4)c3c2)c1. The number of rotatable bonds is 6. The van der Waals surface area contributed by atoms with Crippen LogP contribution in [0.3, 0.4) is 0 Å². The molecule has 1 fully saturated rings. The molecule has 1 aliphatic carbocycles. The maximum absolute atomic E-state index is 12.9. The molecule has 7 nitrogen and oxygen atoms in total. The Morgan fingerprint density at radius 2 is 1.88 bits per heavy atom. The van der Waals surface area contributed by atoms with E-state index >= 15 is 0 Å². The van der Waals surface area contributed by atoms with Crippen LogP contribution in [0.2, 0.25) is 0 Å². The molecule has 5 rings (SSSR count). The highest BCUT2D eigenvalue weighted by Crippen LogP contribution is 2.48. The number of hydrogen-bond acceptors (Lipinski definition) is 5. The zero-order chi connectivity index (χ0) is 23.3. The fourth-order valence-electron chi connectivity index (χ4n) is 3.94. The quantitative estimate of drug-likeness (QED) is 0.407. The average Bonchev–Trinajstić information content (AvgIpc) is 3.52. The Bertz CT molecular complexity index is 1410. The maximum Gasteiger partial charge on any atom is 0.258 e. The molecule has 0 atom stereocenters. The highest BCUT2D eigenvalue weighted by molar-refractivity contribution is 8.23. The molecular weight excluding hydrogens is 438 g/mol. The van der Waals surface area contributed by atoms with Crippen LogP contribution in [-0.2, 0) is 7.05 Å². The van der Waals surface area contributed by atoms with E-state index in [0.717, 1.165) is 27.8 Å². The van der Waals surface area contributed by atoms with Crippen molar-refractivity contribution in [2.75, 3.05) is 12.9 Å². The van der Waals surface area contributed by atoms with Crippen molar-refractivity contribution in [2.24, 2.45) is 13.0 Å². The van der Waals surface area contributed by atoms with Crippen molar-refractivity contribution in [1.29, 1.82) is 0 Å². The Labute approximate surface area is 193 Å². The first-order chi connectivity index (χ1) is 15.7. The normalized spacial score (nSPS) is 14.6. The van der Waals surface area contributed by atoms with Gasteiger partial charge in [0.15, 0.2) is 0 Å². The molecule has 0 saturated heterocycles. The lowest BCUT2D eigenvalue weighted by atomic mass is 9.99. The van der Waals surface area contributed by atoms with E-state index in [4.69, 9.17) is 4.74 Å². The highest BCUT2D eigenvalue weighted by Gasteiger charge is 2.24. The van der Waals surface area contributed by atoms with E-state index in [1.165, 1.54) is 19.1 Å². The van der Waals surface area contributed by atoms with Crippen LogP contribution in [0.25, 0.3) is 27.6 Å². The Hall–Kier alpha value is -3.07. The van der Waals surface area contributed by atoms with Crippen molar-refractivity contribution in [3.8, 4) is 22.6 Å². The standard InChI is InChI=1S/C25H27N3O4S/c1-16-12-26-28(13-16)18-6-8-20-21(10-18)23(14-27(2)25(20)29)22-11-19(33(3,30)31)7-9-24(22)32-15-17-4-5-17/h6-14,17,30-31H,4-5,15H2,1-3H3. The van der Waals surface area contributed by atoms with Gasteiger partial charge in [-0.3, -0.25) is 13.9 Å². The third-order valence-corrected chi connectivity index (χ3v) is 7.15. The number of aromatic nitrogens is 3. The predicted octanol–water partition coefficient (Wildman–Crippen LogP) is 5.23. The van der Waals surface area contributed by atoms with Gasteiger partial charge in [-0.15, -0.1) is 0 Å². The summed E-state index contributed by atoms with van der Waals surface area (Å²) in [6.07, 6.45) is 9.24. The van der Waals surface area contributed by atoms with E-state index in [1.54, 1.807) is 46.9 Å². The third-order valence-electron chi connectivity index (χ3n) is 6.00. The molecule has 1 aliphatic rings. The zero-order valence-electron chi connectivity index (χ0n) is 18.9. The molecule has 0 amide bonds. The van der Waals surface area contributed by atoms with E-state index in [1.807, 2.05) is 31.3 Å². The van der Waals surface area contributed by atoms with Crippen LogP contribution in [0.5, 0.6) is 5.75 Å². The molecule has 0 unspecified atom stereocenters. The highest BCUT2D eigenvalue weighted by atomic mass is 32.3. The minimum absolute atomic E-state index is 0.103. The lowest BCUT2D eigenvalue weighted by molar-refractivity contribution is 0.301. The summed E-state index contributed by atoms with van der Waals surface area (Å²) in [5.74, 6) is 1.23. The second kappa shape index (κ2) is 8.06. The molecule has 0 bridgehead atoms. The molecule has 33 heavy (non-hydrogen) atoms. The molecule has 1 saturated carbocycles. The summed E-state index contributed by atoms with van der Waals surface area (Å²) in [5.41, 5.74) is 3.28. The van der Waals surface area contributed by atoms with Gasteiger partial charge in [-0.2, -0.15) is 15.7 Å². The van der Waals surface area contributed by atoms with Crippen LogP contribution in [0.15, 0.2) is 64.7 Å². The van der Waals surface area contributed by atoms with Gasteiger partial charge < -0.3 is 9.30 Å². The summed E-state index contributed by atoms with van der Waals surface area (Å²) in [6.45, 7) is 2.60. The lowest BCUT2D eigenvalue weighted by Gasteiger charge is -2.28. The fourth-order valence-corrected chi connectivity index (χ4v) is 4.61. The average molecular weight is 466 g/mol. The van der Waals surface area contributed by atoms with Gasteiger partial charge in [-0.05, 0) is 73.0 Å². The molecule has 0 spiro atoms. The van der Waals surface area contributed by atoms with E-state index in [-0.39, 0.29) is 5.56 Å². The molecule has 8 heteroatoms. The summed E-state index contributed by atoms with van der Waals surface area (Å²) in [4.78, 5) is 13.4. The maximum atomic E-state index is 12.9. The second-order valence-corrected chi connectivity index (χ2v) is 11.0. The van der Waals surface area contributed by atoms with E-state index in [0.29, 0.717) is 28.6 Å². The van der Waals surface area contributed by atoms with Gasteiger partial charge in [-0.25, -0.2) is 4.68 Å². The number of ether oxygens (including phenoxy) is 1. The minimum atomic E-state index is -2.93. The molecular formula is C25H27N3O4S. The Kier molecular flexibility index (Phi) is 5.31. The van der Waals surface area contributed by atoms with Gasteiger partial charge >= 0.3 is 0 Å². The third kappa shape index (κ3) is 4.29. The van der Waals surface area contributed by atoms with E-state index in [9.17, 15) is 13.9 Å². The first kappa shape index (κ1) is 21.8. The number of aryl methyl sites for hydroxylation is 2. The topological polar surface area (TPSA) is 89.5 Å². The Morgan fingerprint density at radius 1 is 1.09 bits per heavy atom. The van der Waals surface area contributed by atoms with Crippen LogP contribution in [0.4, 0.5) is 0 Å². The Balaban J connectivity index is 1.75. The van der Waals surface area contributed by atoms with Crippen molar-refractivity contribution in [3.63, 3.8) is 0 Å². The zero-order valence-corrected chi connectivity index (χ0v) is 19.7. The second-order valence-electron chi connectivity index (χ2n) is 8.90. The van der Waals surface area contributed by atoms with Gasteiger partial charge in [0.25, 0.3) is 5.56 Å². The summed E-state index contributed by atoms with van der Waals surface area (Å²) in [6, 6.07) is 10.9. The molecule has 2 aromatic carbocycles. The van der Waals surface area contributed by atoms with Gasteiger partial charge in [0.1, 0.15) is 5.75 Å². The van der Waals surface area contributed by atoms with Gasteiger partial charge in [0.05, 0.1) is 23.4 Å². The molecule has 0 aliphatic heterocycles. The van der Waals surface area contributed by atoms with Crippen LogP contribution in [-0.4, -0.2) is 36.3 Å². The monoisotopic (exact) mass is 465 g/mol. The lowest BCUT2D eigenvalue weighted by Crippen LogP contribution is -2.17. The van der Waals surface area contributed by atoms with Gasteiger partial charge in [-0.1, -0.05) is 0 Å². The molecule has 2 heterocycles. The first-order valence-electron chi connectivity index (χ1n) is 10.9. The summed E-state index contributed by atoms with van der Waals surface area (Å²) < 4.78 is 30.1. The van der Waals surface area contributed by atoms with Crippen molar-refractivity contribution >= 4 is 21.4 Å². The van der Waals surface area contributed by atoms with Crippen molar-refractivity contribution in [3.05, 3.63) is 70.9 Å². The molecule has 2 aromatic heterocycles. The predicted molar refractivity (Wildman–Crippen MR) is 132 cm³/mol. The minimum Gasteiger partial charge on any atom is -0.493 e. The van der Waals surface area contributed by atoms with E-state index in [2.05, 4.69) is 5.10 Å². The molecule has 4 aromatic rings. The number of fused-ring (bicyclic) bond motifs is 1. The Morgan fingerprint density at radius 3 is 2.55 bits per heavy atom. The summed E-state index contributed by atoms with van der Waals surface area (Å²) in [7, 11) is -1.21. The number of pyridine rings is 1. The number of hydrogen-bond donors (Lipinski definition) is 2. The van der Waals surface area contributed by atoms with Crippen LogP contribution < -0.4 is 10.3 Å². The van der Waals surface area contributed by atoms with Gasteiger partial charge in [0.2, 0.25) is 0 Å². The molecule has 0 radical (unpaired) electrons. The van der Waals surface area contributed by atoms with Crippen LogP contribution >= 0.6 is 10.6 Å².